The van der Waals surface area contributed by atoms with Crippen LogP contribution in [0.3, 0.4) is 0 Å². The highest BCUT2D eigenvalue weighted by molar-refractivity contribution is 5.97. The summed E-state index contributed by atoms with van der Waals surface area (Å²) in [5.74, 6) is -0.234. The van der Waals surface area contributed by atoms with Crippen LogP contribution in [0, 0.1) is 11.8 Å². The largest absolute Gasteiger partial charge is 0.465 e. The molecule has 106 valence electrons. The first kappa shape index (κ1) is 14.3. The van der Waals surface area contributed by atoms with Crippen molar-refractivity contribution >= 4 is 11.8 Å². The molecule has 0 saturated heterocycles. The van der Waals surface area contributed by atoms with Crippen LogP contribution >= 0.6 is 0 Å². The summed E-state index contributed by atoms with van der Waals surface area (Å²) in [7, 11) is 0. The van der Waals surface area contributed by atoms with Crippen molar-refractivity contribution < 1.29 is 19.1 Å². The van der Waals surface area contributed by atoms with Crippen LogP contribution in [0.4, 0.5) is 0 Å². The second-order valence-electron chi connectivity index (χ2n) is 5.14. The molecule has 0 amide bonds. The van der Waals surface area contributed by atoms with Crippen LogP contribution in [-0.2, 0) is 19.1 Å². The summed E-state index contributed by atoms with van der Waals surface area (Å²) < 4.78 is 10.8. The summed E-state index contributed by atoms with van der Waals surface area (Å²) in [6.07, 6.45) is 5.00. The lowest BCUT2D eigenvalue weighted by molar-refractivity contribution is -0.152. The van der Waals surface area contributed by atoms with Gasteiger partial charge in [-0.2, -0.15) is 0 Å². The van der Waals surface area contributed by atoms with E-state index < -0.39 is 5.92 Å². The Hall–Kier alpha value is -1.16. The molecule has 0 aliphatic heterocycles. The molecule has 1 saturated carbocycles. The molecule has 4 heteroatoms. The Morgan fingerprint density at radius 1 is 1.37 bits per heavy atom. The number of rotatable bonds is 4. The summed E-state index contributed by atoms with van der Waals surface area (Å²) in [6.45, 7) is 4.64. The highest BCUT2D eigenvalue weighted by Crippen LogP contribution is 2.38. The first-order valence-electron chi connectivity index (χ1n) is 7.20. The van der Waals surface area contributed by atoms with Crippen LogP contribution in [0.1, 0.15) is 39.5 Å². The van der Waals surface area contributed by atoms with Gasteiger partial charge in [0.15, 0.2) is 5.78 Å². The van der Waals surface area contributed by atoms with Crippen molar-refractivity contribution in [1.29, 1.82) is 0 Å². The number of ether oxygens (including phenoxy) is 2. The summed E-state index contributed by atoms with van der Waals surface area (Å²) >= 11 is 0. The molecule has 2 aliphatic rings. The number of ketones is 1. The highest BCUT2D eigenvalue weighted by Gasteiger charge is 2.39. The Kier molecular flexibility index (Phi) is 4.75. The molecule has 0 aromatic heterocycles. The first-order chi connectivity index (χ1) is 9.17. The second-order valence-corrected chi connectivity index (χ2v) is 5.14. The van der Waals surface area contributed by atoms with Gasteiger partial charge in [-0.3, -0.25) is 9.59 Å². The van der Waals surface area contributed by atoms with Gasteiger partial charge in [0.1, 0.15) is 5.92 Å². The van der Waals surface area contributed by atoms with E-state index in [1.54, 1.807) is 6.92 Å². The monoisotopic (exact) mass is 266 g/mol. The number of esters is 1. The van der Waals surface area contributed by atoms with E-state index in [0.717, 1.165) is 24.8 Å². The van der Waals surface area contributed by atoms with E-state index in [2.05, 4.69) is 0 Å². The summed E-state index contributed by atoms with van der Waals surface area (Å²) in [5, 5.41) is 0. The highest BCUT2D eigenvalue weighted by atomic mass is 16.5. The van der Waals surface area contributed by atoms with E-state index in [0.29, 0.717) is 19.6 Å². The molecule has 0 aromatic rings. The Morgan fingerprint density at radius 2 is 2.16 bits per heavy atom. The van der Waals surface area contributed by atoms with E-state index in [1.807, 2.05) is 13.0 Å². The molecule has 0 radical (unpaired) electrons. The van der Waals surface area contributed by atoms with Gasteiger partial charge in [-0.15, -0.1) is 0 Å². The average molecular weight is 266 g/mol. The minimum Gasteiger partial charge on any atom is -0.465 e. The number of allylic oxidation sites excluding steroid dienone is 1. The molecule has 4 nitrogen and oxygen atoms in total. The molecule has 3 atom stereocenters. The van der Waals surface area contributed by atoms with Crippen molar-refractivity contribution in [1.82, 2.24) is 0 Å². The molecule has 1 fully saturated rings. The van der Waals surface area contributed by atoms with Gasteiger partial charge in [-0.1, -0.05) is 6.08 Å². The molecule has 19 heavy (non-hydrogen) atoms. The zero-order valence-corrected chi connectivity index (χ0v) is 11.7. The third-order valence-electron chi connectivity index (χ3n) is 3.93. The standard InChI is InChI=1S/C15H22O4/c1-3-18-14-8-10-6-5-7-13(16)11(10)9-12(14)15(17)19-4-2/h9-10,12,14H,3-8H2,1-2H3/t10-,12-,14+/m0/s1. The predicted molar refractivity (Wildman–Crippen MR) is 70.6 cm³/mol. The molecular weight excluding hydrogens is 244 g/mol. The molecule has 0 unspecified atom stereocenters. The third-order valence-corrected chi connectivity index (χ3v) is 3.93. The Bertz CT molecular complexity index is 386. The topological polar surface area (TPSA) is 52.6 Å². The van der Waals surface area contributed by atoms with E-state index >= 15 is 0 Å². The number of hydrogen-bond acceptors (Lipinski definition) is 4. The van der Waals surface area contributed by atoms with Gasteiger partial charge >= 0.3 is 5.97 Å². The van der Waals surface area contributed by atoms with Crippen molar-refractivity contribution in [3.8, 4) is 0 Å². The Balaban J connectivity index is 2.22. The van der Waals surface area contributed by atoms with Crippen LogP contribution in [0.25, 0.3) is 0 Å². The van der Waals surface area contributed by atoms with Gasteiger partial charge in [-0.25, -0.2) is 0 Å². The lowest BCUT2D eigenvalue weighted by Gasteiger charge is -2.35. The number of Topliss-reactive ketones (excluding diaryl/α,β-unsaturated/α-hetero) is 1. The molecule has 2 rings (SSSR count). The van der Waals surface area contributed by atoms with Crippen molar-refractivity contribution in [2.75, 3.05) is 13.2 Å². The van der Waals surface area contributed by atoms with Crippen LogP contribution in [0.15, 0.2) is 11.6 Å². The fraction of sp³-hybridized carbons (Fsp3) is 0.733. The maximum atomic E-state index is 12.0. The maximum Gasteiger partial charge on any atom is 0.315 e. The third kappa shape index (κ3) is 3.06. The summed E-state index contributed by atoms with van der Waals surface area (Å²) in [5.41, 5.74) is 0.834. The van der Waals surface area contributed by atoms with Gasteiger partial charge in [0, 0.05) is 13.0 Å². The zero-order chi connectivity index (χ0) is 13.8. The fourth-order valence-electron chi connectivity index (χ4n) is 3.08. The van der Waals surface area contributed by atoms with Crippen molar-refractivity contribution in [3.05, 3.63) is 11.6 Å². The number of fused-ring (bicyclic) bond motifs is 1. The number of hydrogen-bond donors (Lipinski definition) is 0. The van der Waals surface area contributed by atoms with E-state index in [1.165, 1.54) is 0 Å². The number of carbonyl (C=O) groups excluding carboxylic acids is 2. The van der Waals surface area contributed by atoms with Gasteiger partial charge in [-0.05, 0) is 44.6 Å². The van der Waals surface area contributed by atoms with Crippen LogP contribution in [0.5, 0.6) is 0 Å². The summed E-state index contributed by atoms with van der Waals surface area (Å²) in [4.78, 5) is 24.0. The average Bonchev–Trinajstić information content (AvgIpc) is 2.39. The van der Waals surface area contributed by atoms with Crippen LogP contribution in [0.2, 0.25) is 0 Å². The van der Waals surface area contributed by atoms with Gasteiger partial charge in [0.25, 0.3) is 0 Å². The van der Waals surface area contributed by atoms with Crippen molar-refractivity contribution in [3.63, 3.8) is 0 Å². The minimum absolute atomic E-state index is 0.149. The van der Waals surface area contributed by atoms with Crippen LogP contribution in [-0.4, -0.2) is 31.1 Å². The SMILES string of the molecule is CCOC(=O)[C@H]1C=C2C(=O)CCC[C@H]2C[C@H]1OCC. The molecule has 0 bridgehead atoms. The molecule has 0 aromatic carbocycles. The lowest BCUT2D eigenvalue weighted by atomic mass is 9.73. The molecule has 0 heterocycles. The Labute approximate surface area is 114 Å². The van der Waals surface area contributed by atoms with E-state index in [9.17, 15) is 9.59 Å². The van der Waals surface area contributed by atoms with Crippen molar-refractivity contribution in [2.24, 2.45) is 11.8 Å². The molecule has 0 N–H and O–H groups in total. The zero-order valence-electron chi connectivity index (χ0n) is 11.7. The Morgan fingerprint density at radius 3 is 2.84 bits per heavy atom. The maximum absolute atomic E-state index is 12.0. The number of carbonyl (C=O) groups is 2. The molecular formula is C15H22O4. The quantitative estimate of drug-likeness (QED) is 0.732. The van der Waals surface area contributed by atoms with Gasteiger partial charge < -0.3 is 9.47 Å². The van der Waals surface area contributed by atoms with Crippen LogP contribution < -0.4 is 0 Å². The molecule has 0 spiro atoms. The van der Waals surface area contributed by atoms with Gasteiger partial charge in [0.05, 0.1) is 12.7 Å². The van der Waals surface area contributed by atoms with Gasteiger partial charge in [0.2, 0.25) is 0 Å². The minimum atomic E-state index is -0.423. The normalized spacial score (nSPS) is 30.5. The second kappa shape index (κ2) is 6.33. The predicted octanol–water partition coefficient (Wildman–Crippen LogP) is 2.27. The summed E-state index contributed by atoms with van der Waals surface area (Å²) in [6, 6.07) is 0. The smallest absolute Gasteiger partial charge is 0.315 e. The first-order valence-corrected chi connectivity index (χ1v) is 7.20. The van der Waals surface area contributed by atoms with Crippen molar-refractivity contribution in [2.45, 2.75) is 45.6 Å². The molecule has 2 aliphatic carbocycles. The van der Waals surface area contributed by atoms with E-state index in [-0.39, 0.29) is 23.8 Å². The van der Waals surface area contributed by atoms with E-state index in [4.69, 9.17) is 9.47 Å². The lowest BCUT2D eigenvalue weighted by Crippen LogP contribution is -2.39. The fourth-order valence-corrected chi connectivity index (χ4v) is 3.08.